The van der Waals surface area contributed by atoms with Gasteiger partial charge in [-0.15, -0.1) is 0 Å². The van der Waals surface area contributed by atoms with Crippen LogP contribution >= 0.6 is 11.6 Å². The number of halogens is 1. The summed E-state index contributed by atoms with van der Waals surface area (Å²) < 4.78 is 0. The standard InChI is InChI=1S/2C10H12N2O.C9H9ClO.C9H10O2.4C2H6.2CH4N2.4CH4/c2*1-7-3-8(2)5-9(4-7)10(13)12-6-11;2*1-6-3-7(2)5-8(4-6)9(10)11;4*1-2;2*2-1-3;;;;/h2*3-6H,1-2H3,(H2,11,12,13);3-5H,1-2H3;3-5H,1-2H3,(H,10,11);4*1-2H3;2*1H,(H3,2,3);4*1H4. The van der Waals surface area contributed by atoms with E-state index in [2.05, 4.69) is 22.1 Å². The van der Waals surface area contributed by atoms with Crippen LogP contribution in [0, 0.1) is 77.0 Å². The van der Waals surface area contributed by atoms with Crippen LogP contribution in [0.1, 0.15) is 171 Å². The molecule has 0 atom stereocenters. The molecule has 0 saturated heterocycles. The van der Waals surface area contributed by atoms with Gasteiger partial charge in [-0.3, -0.25) is 36.0 Å². The number of nitrogens with two attached hydrogens (primary N) is 2. The van der Waals surface area contributed by atoms with Crippen molar-refractivity contribution in [3.63, 3.8) is 0 Å². The van der Waals surface area contributed by atoms with E-state index in [1.54, 1.807) is 48.5 Å². The van der Waals surface area contributed by atoms with Crippen LogP contribution in [0.2, 0.25) is 0 Å². The summed E-state index contributed by atoms with van der Waals surface area (Å²) in [5, 5.41) is 38.1. The first-order chi connectivity index (χ1) is 29.3. The van der Waals surface area contributed by atoms with Crippen molar-refractivity contribution in [2.45, 2.75) is 140 Å². The fraction of sp³-hybridized carbons (Fsp3) is 0.385. The number of nitrogens with one attached hydrogen (secondary N) is 6. The van der Waals surface area contributed by atoms with Gasteiger partial charge in [0.05, 0.1) is 30.9 Å². The van der Waals surface area contributed by atoms with Crippen LogP contribution in [0.15, 0.2) is 72.8 Å². The van der Waals surface area contributed by atoms with Crippen molar-refractivity contribution in [2.75, 3.05) is 0 Å². The second-order valence-electron chi connectivity index (χ2n) is 11.7. The zero-order valence-electron chi connectivity index (χ0n) is 39.9. The number of carboxylic acid groups (broad SMARTS) is 1. The summed E-state index contributed by atoms with van der Waals surface area (Å²) in [5.41, 5.74) is 19.2. The summed E-state index contributed by atoms with van der Waals surface area (Å²) >= 11 is 5.31. The van der Waals surface area contributed by atoms with Gasteiger partial charge in [0.15, 0.2) is 0 Å². The van der Waals surface area contributed by atoms with Gasteiger partial charge in [-0.2, -0.15) is 0 Å². The second-order valence-corrected chi connectivity index (χ2v) is 12.0. The lowest BCUT2D eigenvalue weighted by Gasteiger charge is -2.02. The van der Waals surface area contributed by atoms with Gasteiger partial charge in [-0.1, -0.05) is 154 Å². The summed E-state index contributed by atoms with van der Waals surface area (Å²) in [4.78, 5) is 43.8. The number of carbonyl (C=O) groups excluding carboxylic acids is 3. The van der Waals surface area contributed by atoms with Crippen LogP contribution in [0.4, 0.5) is 0 Å². The van der Waals surface area contributed by atoms with E-state index in [1.807, 2.05) is 135 Å². The van der Waals surface area contributed by atoms with E-state index in [1.165, 1.54) is 0 Å². The Morgan fingerprint density at radius 3 is 0.742 bits per heavy atom. The fourth-order valence-corrected chi connectivity index (χ4v) is 4.80. The number of carbonyl (C=O) groups is 4. The van der Waals surface area contributed by atoms with Gasteiger partial charge >= 0.3 is 5.97 Å². The molecule has 0 radical (unpaired) electrons. The molecule has 4 aromatic rings. The Labute approximate surface area is 406 Å². The van der Waals surface area contributed by atoms with Crippen LogP contribution in [0.25, 0.3) is 0 Å². The van der Waals surface area contributed by atoms with Crippen LogP contribution < -0.4 is 22.1 Å². The Kier molecular flexibility index (Phi) is 68.9. The first kappa shape index (κ1) is 83.1. The molecule has 0 aliphatic rings. The Morgan fingerprint density at radius 1 is 0.424 bits per heavy atom. The van der Waals surface area contributed by atoms with E-state index in [4.69, 9.17) is 38.3 Å². The summed E-state index contributed by atoms with van der Waals surface area (Å²) in [5.74, 6) is -1.33. The number of aryl methyl sites for hydroxylation is 8. The van der Waals surface area contributed by atoms with Gasteiger partial charge < -0.3 is 27.2 Å². The highest BCUT2D eigenvalue weighted by Gasteiger charge is 2.06. The highest BCUT2D eigenvalue weighted by atomic mass is 35.5. The highest BCUT2D eigenvalue weighted by molar-refractivity contribution is 6.67. The third-order valence-corrected chi connectivity index (χ3v) is 6.51. The number of hydrogen-bond donors (Lipinski definition) is 9. The summed E-state index contributed by atoms with van der Waals surface area (Å²) in [7, 11) is 0. The molecule has 0 unspecified atom stereocenters. The van der Waals surface area contributed by atoms with Crippen molar-refractivity contribution in [1.82, 2.24) is 10.6 Å². The molecule has 0 saturated carbocycles. The highest BCUT2D eigenvalue weighted by Crippen LogP contribution is 2.12. The molecule has 0 bridgehead atoms. The third-order valence-electron chi connectivity index (χ3n) is 6.29. The molecule has 0 heterocycles. The SMILES string of the molecule is C.C.C.C.CC.CC.CC.CC.Cc1cc(C)cc(C(=O)Cl)c1.Cc1cc(C)cc(C(=O)NC=N)c1.Cc1cc(C)cc(C(=O)NC=N)c1.Cc1cc(C)cc(C(=O)O)c1.N=CN.N=CN. The maximum atomic E-state index is 11.3. The molecule has 0 fully saturated rings. The molecule has 11 N–H and O–H groups in total. The van der Waals surface area contributed by atoms with Crippen molar-refractivity contribution in [3.05, 3.63) is 140 Å². The van der Waals surface area contributed by atoms with Gasteiger partial charge in [0.1, 0.15) is 0 Å². The molecule has 13 nitrogen and oxygen atoms in total. The van der Waals surface area contributed by atoms with Gasteiger partial charge in [0.2, 0.25) is 0 Å². The molecule has 0 aromatic heterocycles. The quantitative estimate of drug-likeness (QED) is 0.0512. The Balaban J connectivity index is -0.0000000712. The molecule has 66 heavy (non-hydrogen) atoms. The number of rotatable bonds is 6. The monoisotopic (exact) mass is 943 g/mol. The predicted octanol–water partition coefficient (Wildman–Crippen LogP) is 13.7. The molecular formula is C52H91ClN8O5. The lowest BCUT2D eigenvalue weighted by molar-refractivity contribution is 0.0695. The topological polar surface area (TPSA) is 260 Å². The van der Waals surface area contributed by atoms with Crippen LogP contribution in [0.3, 0.4) is 0 Å². The van der Waals surface area contributed by atoms with E-state index in [0.717, 1.165) is 69.9 Å². The fourth-order valence-electron chi connectivity index (χ4n) is 4.70. The van der Waals surface area contributed by atoms with E-state index >= 15 is 0 Å². The maximum Gasteiger partial charge on any atom is 0.335 e. The van der Waals surface area contributed by atoms with Crippen LogP contribution in [0.5, 0.6) is 0 Å². The molecule has 0 spiro atoms. The van der Waals surface area contributed by atoms with E-state index in [9.17, 15) is 19.2 Å². The van der Waals surface area contributed by atoms with E-state index in [0.29, 0.717) is 22.3 Å². The van der Waals surface area contributed by atoms with Gasteiger partial charge in [-0.25, -0.2) is 4.79 Å². The average Bonchev–Trinajstić information content (AvgIpc) is 3.21. The zero-order valence-corrected chi connectivity index (χ0v) is 40.6. The summed E-state index contributed by atoms with van der Waals surface area (Å²) in [6, 6.07) is 22.0. The number of benzene rings is 4. The lowest BCUT2D eigenvalue weighted by atomic mass is 10.1. The largest absolute Gasteiger partial charge is 0.478 e. The normalized spacial score (nSPS) is 7.65. The summed E-state index contributed by atoms with van der Waals surface area (Å²) in [6.07, 6.45) is 3.28. The second kappa shape index (κ2) is 54.7. The Bertz CT molecular complexity index is 1700. The number of amides is 2. The molecular weight excluding hydrogens is 852 g/mol. The Morgan fingerprint density at radius 2 is 0.591 bits per heavy atom. The van der Waals surface area contributed by atoms with E-state index < -0.39 is 11.2 Å². The Hall–Kier alpha value is -6.47. The first-order valence-electron chi connectivity index (χ1n) is 20.1. The van der Waals surface area contributed by atoms with Crippen LogP contribution in [-0.2, 0) is 0 Å². The van der Waals surface area contributed by atoms with Gasteiger partial charge in [0, 0.05) is 16.7 Å². The number of hydrogen-bond acceptors (Lipinski definition) is 8. The first-order valence-corrected chi connectivity index (χ1v) is 20.4. The minimum Gasteiger partial charge on any atom is -0.478 e. The van der Waals surface area contributed by atoms with E-state index in [-0.39, 0.29) is 41.5 Å². The minimum absolute atomic E-state index is 0. The average molecular weight is 944 g/mol. The number of carboxylic acids is 1. The maximum absolute atomic E-state index is 11.3. The van der Waals surface area contributed by atoms with Crippen LogP contribution in [-0.4, -0.2) is 53.5 Å². The predicted molar refractivity (Wildman–Crippen MR) is 292 cm³/mol. The minimum atomic E-state index is -0.864. The molecule has 4 rings (SSSR count). The van der Waals surface area contributed by atoms with Crippen molar-refractivity contribution in [3.8, 4) is 0 Å². The van der Waals surface area contributed by atoms with Crippen molar-refractivity contribution >= 4 is 60.0 Å². The summed E-state index contributed by atoms with van der Waals surface area (Å²) in [6.45, 7) is 31.4. The molecule has 2 amide bonds. The smallest absolute Gasteiger partial charge is 0.335 e. The molecule has 0 aliphatic heterocycles. The van der Waals surface area contributed by atoms with Crippen molar-refractivity contribution in [2.24, 2.45) is 11.5 Å². The number of aromatic carboxylic acids is 1. The van der Waals surface area contributed by atoms with Gasteiger partial charge in [-0.05, 0) is 116 Å². The molecule has 4 aromatic carbocycles. The lowest BCUT2D eigenvalue weighted by Crippen LogP contribution is -2.20. The molecule has 14 heteroatoms. The van der Waals surface area contributed by atoms with Crippen molar-refractivity contribution in [1.29, 1.82) is 21.6 Å². The molecule has 0 aliphatic carbocycles. The third kappa shape index (κ3) is 45.6. The molecule has 376 valence electrons. The van der Waals surface area contributed by atoms with Crippen molar-refractivity contribution < 1.29 is 24.3 Å². The van der Waals surface area contributed by atoms with Gasteiger partial charge in [0.25, 0.3) is 17.1 Å². The zero-order chi connectivity index (χ0) is 50.0.